The van der Waals surface area contributed by atoms with E-state index in [2.05, 4.69) is 29.3 Å². The van der Waals surface area contributed by atoms with Crippen molar-refractivity contribution in [3.63, 3.8) is 0 Å². The van der Waals surface area contributed by atoms with Gasteiger partial charge >= 0.3 is 0 Å². The van der Waals surface area contributed by atoms with E-state index in [1.54, 1.807) is 19.5 Å². The first-order chi connectivity index (χ1) is 11.8. The number of aromatic nitrogens is 1. The molecule has 1 aromatic carbocycles. The van der Waals surface area contributed by atoms with Crippen LogP contribution in [0.5, 0.6) is 0 Å². The largest absolute Gasteiger partial charge is 0.464 e. The van der Waals surface area contributed by atoms with Crippen molar-refractivity contribution < 1.29 is 4.42 Å². The molecule has 0 amide bonds. The Morgan fingerprint density at radius 1 is 1.17 bits per heavy atom. The van der Waals surface area contributed by atoms with E-state index >= 15 is 0 Å². The highest BCUT2D eigenvalue weighted by atomic mass is 16.3. The Labute approximate surface area is 141 Å². The minimum atomic E-state index is 0.488. The number of nitrogen functional groups attached to an aromatic ring is 1. The maximum absolute atomic E-state index is 6.30. The van der Waals surface area contributed by atoms with Crippen molar-refractivity contribution in [2.45, 2.75) is 19.3 Å². The van der Waals surface area contributed by atoms with Gasteiger partial charge in [0.2, 0.25) is 0 Å². The van der Waals surface area contributed by atoms with E-state index in [4.69, 9.17) is 15.1 Å². The van der Waals surface area contributed by atoms with Gasteiger partial charge in [0.05, 0.1) is 12.0 Å². The summed E-state index contributed by atoms with van der Waals surface area (Å²) in [6, 6.07) is 12.3. The van der Waals surface area contributed by atoms with Gasteiger partial charge in [-0.05, 0) is 42.5 Å². The van der Waals surface area contributed by atoms with Gasteiger partial charge in [0.1, 0.15) is 11.6 Å². The summed E-state index contributed by atoms with van der Waals surface area (Å²) in [6.45, 7) is 0. The van der Waals surface area contributed by atoms with Crippen LogP contribution in [-0.4, -0.2) is 18.2 Å². The number of hydrogen-bond donors (Lipinski definition) is 1. The molecule has 2 heterocycles. The predicted octanol–water partition coefficient (Wildman–Crippen LogP) is 4.13. The molecule has 4 heteroatoms. The lowest BCUT2D eigenvalue weighted by Crippen LogP contribution is -2.06. The van der Waals surface area contributed by atoms with E-state index in [0.717, 1.165) is 41.8 Å². The summed E-state index contributed by atoms with van der Waals surface area (Å²) >= 11 is 0. The molecule has 0 bridgehead atoms. The predicted molar refractivity (Wildman–Crippen MR) is 97.3 cm³/mol. The van der Waals surface area contributed by atoms with E-state index < -0.39 is 0 Å². The number of nitrogens with zero attached hydrogens (tertiary/aromatic N) is 2. The number of pyridine rings is 1. The van der Waals surface area contributed by atoms with Gasteiger partial charge in [-0.25, -0.2) is 4.98 Å². The maximum Gasteiger partial charge on any atom is 0.135 e. The molecule has 2 N–H and O–H groups in total. The van der Waals surface area contributed by atoms with Crippen molar-refractivity contribution in [2.24, 2.45) is 4.99 Å². The van der Waals surface area contributed by atoms with Gasteiger partial charge in [0, 0.05) is 30.0 Å². The Balaban J connectivity index is 2.08. The lowest BCUT2D eigenvalue weighted by molar-refractivity contribution is 0.581. The maximum atomic E-state index is 6.30. The number of aliphatic imine (C=N–C) groups is 1. The second kappa shape index (κ2) is 5.96. The minimum absolute atomic E-state index is 0.488. The molecule has 24 heavy (non-hydrogen) atoms. The first-order valence-corrected chi connectivity index (χ1v) is 8.16. The number of nitrogens with two attached hydrogens (primary N) is 1. The van der Waals surface area contributed by atoms with Crippen molar-refractivity contribution in [1.82, 2.24) is 4.98 Å². The van der Waals surface area contributed by atoms with Gasteiger partial charge < -0.3 is 10.2 Å². The summed E-state index contributed by atoms with van der Waals surface area (Å²) in [5.41, 5.74) is 12.8. The van der Waals surface area contributed by atoms with Crippen molar-refractivity contribution in [3.8, 4) is 22.6 Å². The molecule has 1 aliphatic carbocycles. The summed E-state index contributed by atoms with van der Waals surface area (Å²) in [5, 5.41) is 0. The van der Waals surface area contributed by atoms with E-state index in [1.807, 2.05) is 12.1 Å². The molecule has 0 radical (unpaired) electrons. The molecule has 0 spiro atoms. The van der Waals surface area contributed by atoms with Gasteiger partial charge in [0.25, 0.3) is 0 Å². The van der Waals surface area contributed by atoms with E-state index in [-0.39, 0.29) is 0 Å². The summed E-state index contributed by atoms with van der Waals surface area (Å²) in [7, 11) is 1.74. The van der Waals surface area contributed by atoms with Crippen LogP contribution in [0.1, 0.15) is 23.1 Å². The zero-order chi connectivity index (χ0) is 16.5. The molecule has 4 nitrogen and oxygen atoms in total. The second-order valence-electron chi connectivity index (χ2n) is 5.99. The van der Waals surface area contributed by atoms with Crippen LogP contribution in [0.4, 0.5) is 5.82 Å². The molecule has 120 valence electrons. The van der Waals surface area contributed by atoms with Crippen molar-refractivity contribution in [2.75, 3.05) is 12.8 Å². The molecule has 0 saturated heterocycles. The minimum Gasteiger partial charge on any atom is -0.464 e. The number of aryl methyl sites for hydroxylation is 1. The molecule has 1 aliphatic rings. The normalized spacial score (nSPS) is 13.5. The van der Waals surface area contributed by atoms with Gasteiger partial charge in [0.15, 0.2) is 0 Å². The van der Waals surface area contributed by atoms with Crippen molar-refractivity contribution in [3.05, 3.63) is 59.4 Å². The van der Waals surface area contributed by atoms with Crippen LogP contribution in [0.25, 0.3) is 22.6 Å². The van der Waals surface area contributed by atoms with Crippen LogP contribution >= 0.6 is 0 Å². The number of rotatable bonds is 2. The highest BCUT2D eigenvalue weighted by Gasteiger charge is 2.24. The number of anilines is 1. The molecule has 2 aromatic heterocycles. The summed E-state index contributed by atoms with van der Waals surface area (Å²) < 4.78 is 5.71. The lowest BCUT2D eigenvalue weighted by atomic mass is 9.93. The molecular formula is C20H19N3O. The molecule has 0 fully saturated rings. The summed E-state index contributed by atoms with van der Waals surface area (Å²) in [5.74, 6) is 1.30. The monoisotopic (exact) mass is 317 g/mol. The molecule has 0 aliphatic heterocycles. The molecule has 0 unspecified atom stereocenters. The topological polar surface area (TPSA) is 64.4 Å². The van der Waals surface area contributed by atoms with Crippen LogP contribution in [0.15, 0.2) is 52.1 Å². The van der Waals surface area contributed by atoms with Crippen LogP contribution in [0.3, 0.4) is 0 Å². The standard InChI is InChI=1S/C20H19N3O/c1-22-12-16-18(17-10-5-11-24-17)15-9-4-7-13-6-2-3-8-14(13)19(15)23-20(16)21/h2-3,5-6,8,10-12H,4,7,9H2,1H3,(H2,21,23). The van der Waals surface area contributed by atoms with E-state index in [0.29, 0.717) is 5.82 Å². The van der Waals surface area contributed by atoms with E-state index in [9.17, 15) is 0 Å². The van der Waals surface area contributed by atoms with Crippen LogP contribution < -0.4 is 5.73 Å². The Bertz CT molecular complexity index is 911. The Morgan fingerprint density at radius 3 is 2.83 bits per heavy atom. The average molecular weight is 317 g/mol. The fourth-order valence-corrected chi connectivity index (χ4v) is 3.51. The summed E-state index contributed by atoms with van der Waals surface area (Å²) in [6.07, 6.45) is 6.53. The van der Waals surface area contributed by atoms with Gasteiger partial charge in [-0.1, -0.05) is 24.3 Å². The lowest BCUT2D eigenvalue weighted by Gasteiger charge is -2.16. The third-order valence-electron chi connectivity index (χ3n) is 4.54. The third kappa shape index (κ3) is 2.31. The highest BCUT2D eigenvalue weighted by Crippen LogP contribution is 2.40. The van der Waals surface area contributed by atoms with Crippen LogP contribution in [0, 0.1) is 0 Å². The zero-order valence-electron chi connectivity index (χ0n) is 13.6. The number of benzene rings is 1. The molecule has 3 aromatic rings. The van der Waals surface area contributed by atoms with Crippen LogP contribution in [-0.2, 0) is 12.8 Å². The molecule has 0 saturated carbocycles. The fourth-order valence-electron chi connectivity index (χ4n) is 3.51. The Morgan fingerprint density at radius 2 is 2.04 bits per heavy atom. The second-order valence-corrected chi connectivity index (χ2v) is 5.99. The van der Waals surface area contributed by atoms with Crippen molar-refractivity contribution in [1.29, 1.82) is 0 Å². The average Bonchev–Trinajstić information content (AvgIpc) is 3.06. The smallest absolute Gasteiger partial charge is 0.135 e. The molecule has 0 atom stereocenters. The Kier molecular flexibility index (Phi) is 3.65. The molecule has 4 rings (SSSR count). The van der Waals surface area contributed by atoms with Gasteiger partial charge in [-0.3, -0.25) is 4.99 Å². The first-order valence-electron chi connectivity index (χ1n) is 8.16. The third-order valence-corrected chi connectivity index (χ3v) is 4.54. The quantitative estimate of drug-likeness (QED) is 0.723. The highest BCUT2D eigenvalue weighted by molar-refractivity contribution is 5.97. The fraction of sp³-hybridized carbons (Fsp3) is 0.200. The Hall–Kier alpha value is -2.88. The number of fused-ring (bicyclic) bond motifs is 3. The van der Waals surface area contributed by atoms with Gasteiger partial charge in [-0.2, -0.15) is 0 Å². The van der Waals surface area contributed by atoms with Crippen LogP contribution in [0.2, 0.25) is 0 Å². The number of hydrogen-bond acceptors (Lipinski definition) is 4. The van der Waals surface area contributed by atoms with Gasteiger partial charge in [-0.15, -0.1) is 0 Å². The molecular weight excluding hydrogens is 298 g/mol. The van der Waals surface area contributed by atoms with Crippen molar-refractivity contribution >= 4 is 12.0 Å². The summed E-state index contributed by atoms with van der Waals surface area (Å²) in [4.78, 5) is 8.92. The number of furan rings is 1. The van der Waals surface area contributed by atoms with E-state index in [1.165, 1.54) is 16.7 Å². The zero-order valence-corrected chi connectivity index (χ0v) is 13.6. The SMILES string of the molecule is CN=Cc1c(N)nc2c(c1-c1ccco1)CCCc1ccccc1-2. The first kappa shape index (κ1) is 14.7.